The molecule has 1 unspecified atom stereocenters. The van der Waals surface area contributed by atoms with Gasteiger partial charge in [0.05, 0.1) is 5.92 Å². The van der Waals surface area contributed by atoms with Crippen LogP contribution in [0.25, 0.3) is 0 Å². The highest BCUT2D eigenvalue weighted by Gasteiger charge is 2.19. The molecule has 1 atom stereocenters. The van der Waals surface area contributed by atoms with Crippen molar-refractivity contribution in [3.8, 4) is 0 Å². The topological polar surface area (TPSA) is 42.0 Å². The molecule has 3 heteroatoms. The molecule has 1 aliphatic heterocycles. The SMILES string of the molecule is O=C1NCC=CCC1c1ccncc1. The van der Waals surface area contributed by atoms with Crippen LogP contribution in [0.5, 0.6) is 0 Å². The number of rotatable bonds is 1. The molecule has 72 valence electrons. The van der Waals surface area contributed by atoms with E-state index in [9.17, 15) is 4.79 Å². The van der Waals surface area contributed by atoms with Gasteiger partial charge in [-0.15, -0.1) is 0 Å². The summed E-state index contributed by atoms with van der Waals surface area (Å²) >= 11 is 0. The van der Waals surface area contributed by atoms with Crippen LogP contribution in [0.4, 0.5) is 0 Å². The standard InChI is InChI=1S/C11H12N2O/c14-11-10(3-1-2-6-13-11)9-4-7-12-8-5-9/h1-2,4-5,7-8,10H,3,6H2,(H,13,14). The Morgan fingerprint density at radius 2 is 2.07 bits per heavy atom. The van der Waals surface area contributed by atoms with Crippen molar-refractivity contribution in [3.63, 3.8) is 0 Å². The Kier molecular flexibility index (Phi) is 2.58. The lowest BCUT2D eigenvalue weighted by molar-refractivity contribution is -0.122. The number of pyridine rings is 1. The van der Waals surface area contributed by atoms with E-state index in [0.717, 1.165) is 12.0 Å². The van der Waals surface area contributed by atoms with Gasteiger partial charge in [0.2, 0.25) is 5.91 Å². The van der Waals surface area contributed by atoms with E-state index in [4.69, 9.17) is 0 Å². The summed E-state index contributed by atoms with van der Waals surface area (Å²) in [6.07, 6.45) is 8.24. The molecule has 0 bridgehead atoms. The van der Waals surface area contributed by atoms with Crippen molar-refractivity contribution in [2.75, 3.05) is 6.54 Å². The van der Waals surface area contributed by atoms with Gasteiger partial charge in [-0.1, -0.05) is 12.2 Å². The Balaban J connectivity index is 2.24. The third kappa shape index (κ3) is 1.82. The normalized spacial score (nSPS) is 21.4. The molecule has 1 N–H and O–H groups in total. The van der Waals surface area contributed by atoms with E-state index in [-0.39, 0.29) is 11.8 Å². The van der Waals surface area contributed by atoms with Gasteiger partial charge in [-0.2, -0.15) is 0 Å². The van der Waals surface area contributed by atoms with Crippen LogP contribution in [-0.4, -0.2) is 17.4 Å². The third-order valence-electron chi connectivity index (χ3n) is 2.36. The van der Waals surface area contributed by atoms with Gasteiger partial charge in [0.15, 0.2) is 0 Å². The molecule has 0 fully saturated rings. The van der Waals surface area contributed by atoms with E-state index in [1.807, 2.05) is 24.3 Å². The van der Waals surface area contributed by atoms with Crippen molar-refractivity contribution in [1.82, 2.24) is 10.3 Å². The molecule has 1 aromatic rings. The summed E-state index contributed by atoms with van der Waals surface area (Å²) < 4.78 is 0. The quantitative estimate of drug-likeness (QED) is 0.674. The van der Waals surface area contributed by atoms with Gasteiger partial charge in [0.25, 0.3) is 0 Å². The minimum atomic E-state index is -0.0586. The molecule has 1 amide bonds. The van der Waals surface area contributed by atoms with Crippen molar-refractivity contribution in [2.45, 2.75) is 12.3 Å². The van der Waals surface area contributed by atoms with E-state index in [1.165, 1.54) is 0 Å². The van der Waals surface area contributed by atoms with Gasteiger partial charge in [-0.3, -0.25) is 9.78 Å². The number of allylic oxidation sites excluding steroid dienone is 1. The molecular formula is C11H12N2O. The maximum absolute atomic E-state index is 11.6. The highest BCUT2D eigenvalue weighted by atomic mass is 16.1. The van der Waals surface area contributed by atoms with Crippen molar-refractivity contribution in [2.24, 2.45) is 0 Å². The summed E-state index contributed by atoms with van der Waals surface area (Å²) in [6.45, 7) is 0.639. The lowest BCUT2D eigenvalue weighted by atomic mass is 9.96. The number of hydrogen-bond acceptors (Lipinski definition) is 2. The zero-order chi connectivity index (χ0) is 9.80. The maximum Gasteiger partial charge on any atom is 0.228 e. The summed E-state index contributed by atoms with van der Waals surface area (Å²) in [7, 11) is 0. The predicted octanol–water partition coefficient (Wildman–Crippen LogP) is 1.24. The largest absolute Gasteiger partial charge is 0.352 e. The van der Waals surface area contributed by atoms with Crippen molar-refractivity contribution < 1.29 is 4.79 Å². The number of hydrogen-bond donors (Lipinski definition) is 1. The number of amides is 1. The van der Waals surface area contributed by atoms with Crippen LogP contribution >= 0.6 is 0 Å². The van der Waals surface area contributed by atoms with Crippen molar-refractivity contribution >= 4 is 5.91 Å². The monoisotopic (exact) mass is 188 g/mol. The number of nitrogens with one attached hydrogen (secondary N) is 1. The van der Waals surface area contributed by atoms with E-state index in [1.54, 1.807) is 12.4 Å². The number of carbonyl (C=O) groups is 1. The van der Waals surface area contributed by atoms with Crippen LogP contribution in [0.2, 0.25) is 0 Å². The van der Waals surface area contributed by atoms with Crippen LogP contribution in [0, 0.1) is 0 Å². The van der Waals surface area contributed by atoms with E-state index < -0.39 is 0 Å². The average Bonchev–Trinajstić information content (AvgIpc) is 2.44. The summed E-state index contributed by atoms with van der Waals surface area (Å²) in [5, 5.41) is 2.85. The molecule has 1 aromatic heterocycles. The Morgan fingerprint density at radius 3 is 2.86 bits per heavy atom. The molecule has 3 nitrogen and oxygen atoms in total. The fourth-order valence-electron chi connectivity index (χ4n) is 1.59. The first-order chi connectivity index (χ1) is 6.88. The number of carbonyl (C=O) groups excluding carboxylic acids is 1. The number of nitrogens with zero attached hydrogens (tertiary/aromatic N) is 1. The maximum atomic E-state index is 11.6. The molecular weight excluding hydrogens is 176 g/mol. The molecule has 0 aliphatic carbocycles. The van der Waals surface area contributed by atoms with Crippen LogP contribution < -0.4 is 5.32 Å². The van der Waals surface area contributed by atoms with Gasteiger partial charge < -0.3 is 5.32 Å². The molecule has 0 saturated heterocycles. The van der Waals surface area contributed by atoms with Gasteiger partial charge in [-0.05, 0) is 24.1 Å². The summed E-state index contributed by atoms with van der Waals surface area (Å²) in [6, 6.07) is 3.78. The molecule has 0 aromatic carbocycles. The second-order valence-electron chi connectivity index (χ2n) is 3.29. The van der Waals surface area contributed by atoms with Crippen molar-refractivity contribution in [1.29, 1.82) is 0 Å². The summed E-state index contributed by atoms with van der Waals surface area (Å²) in [5.41, 5.74) is 1.03. The molecule has 2 heterocycles. The number of aromatic nitrogens is 1. The second kappa shape index (κ2) is 4.05. The van der Waals surface area contributed by atoms with Crippen LogP contribution in [0.3, 0.4) is 0 Å². The first-order valence-electron chi connectivity index (χ1n) is 4.70. The lowest BCUT2D eigenvalue weighted by Crippen LogP contribution is -2.27. The summed E-state index contributed by atoms with van der Waals surface area (Å²) in [4.78, 5) is 15.6. The van der Waals surface area contributed by atoms with Crippen molar-refractivity contribution in [3.05, 3.63) is 42.2 Å². The summed E-state index contributed by atoms with van der Waals surface area (Å²) in [5.74, 6) is 0.0398. The van der Waals surface area contributed by atoms with Crippen LogP contribution in [0.1, 0.15) is 17.9 Å². The first kappa shape index (κ1) is 8.94. The molecule has 0 saturated carbocycles. The predicted molar refractivity (Wildman–Crippen MR) is 53.7 cm³/mol. The average molecular weight is 188 g/mol. The van der Waals surface area contributed by atoms with E-state index in [2.05, 4.69) is 10.3 Å². The Hall–Kier alpha value is -1.64. The van der Waals surface area contributed by atoms with Gasteiger partial charge in [0.1, 0.15) is 0 Å². The Morgan fingerprint density at radius 1 is 1.29 bits per heavy atom. The fourth-order valence-corrected chi connectivity index (χ4v) is 1.59. The van der Waals surface area contributed by atoms with Gasteiger partial charge in [-0.25, -0.2) is 0 Å². The third-order valence-corrected chi connectivity index (χ3v) is 2.36. The van der Waals surface area contributed by atoms with Crippen LogP contribution in [-0.2, 0) is 4.79 Å². The molecule has 1 aliphatic rings. The second-order valence-corrected chi connectivity index (χ2v) is 3.29. The van der Waals surface area contributed by atoms with E-state index in [0.29, 0.717) is 6.54 Å². The first-order valence-corrected chi connectivity index (χ1v) is 4.70. The zero-order valence-corrected chi connectivity index (χ0v) is 7.81. The minimum Gasteiger partial charge on any atom is -0.352 e. The zero-order valence-electron chi connectivity index (χ0n) is 7.81. The Bertz CT molecular complexity index is 346. The molecule has 0 spiro atoms. The lowest BCUT2D eigenvalue weighted by Gasteiger charge is -2.12. The minimum absolute atomic E-state index is 0.0586. The van der Waals surface area contributed by atoms with Crippen LogP contribution in [0.15, 0.2) is 36.7 Å². The Labute approximate surface area is 82.9 Å². The van der Waals surface area contributed by atoms with E-state index >= 15 is 0 Å². The smallest absolute Gasteiger partial charge is 0.228 e. The van der Waals surface area contributed by atoms with Gasteiger partial charge in [0, 0.05) is 18.9 Å². The fraction of sp³-hybridized carbons (Fsp3) is 0.273. The molecule has 0 radical (unpaired) electrons. The van der Waals surface area contributed by atoms with Gasteiger partial charge >= 0.3 is 0 Å². The highest BCUT2D eigenvalue weighted by molar-refractivity contribution is 5.84. The molecule has 2 rings (SSSR count). The highest BCUT2D eigenvalue weighted by Crippen LogP contribution is 2.20. The molecule has 14 heavy (non-hydrogen) atoms.